The molecule has 1 atom stereocenters. The van der Waals surface area contributed by atoms with E-state index in [2.05, 4.69) is 0 Å². The molecule has 0 aliphatic heterocycles. The SMILES string of the molecule is OC(c1cccc(F)c1)c1cc2cc(F)ccc2s1. The molecule has 1 N–H and O–H groups in total. The second-order valence-electron chi connectivity index (χ2n) is 4.29. The highest BCUT2D eigenvalue weighted by molar-refractivity contribution is 7.19. The van der Waals surface area contributed by atoms with Crippen molar-refractivity contribution in [3.63, 3.8) is 0 Å². The number of hydrogen-bond acceptors (Lipinski definition) is 2. The lowest BCUT2D eigenvalue weighted by Gasteiger charge is -2.08. The molecule has 0 radical (unpaired) electrons. The van der Waals surface area contributed by atoms with Crippen molar-refractivity contribution in [2.75, 3.05) is 0 Å². The van der Waals surface area contributed by atoms with E-state index in [-0.39, 0.29) is 11.6 Å². The van der Waals surface area contributed by atoms with Crippen molar-refractivity contribution in [2.24, 2.45) is 0 Å². The molecule has 3 rings (SSSR count). The highest BCUT2D eigenvalue weighted by Crippen LogP contribution is 2.33. The summed E-state index contributed by atoms with van der Waals surface area (Å²) in [6.45, 7) is 0. The summed E-state index contributed by atoms with van der Waals surface area (Å²) in [6, 6.07) is 12.1. The number of fused-ring (bicyclic) bond motifs is 1. The summed E-state index contributed by atoms with van der Waals surface area (Å²) in [7, 11) is 0. The van der Waals surface area contributed by atoms with Crippen LogP contribution in [-0.2, 0) is 0 Å². The third-order valence-electron chi connectivity index (χ3n) is 2.93. The molecule has 0 saturated carbocycles. The van der Waals surface area contributed by atoms with E-state index in [1.165, 1.54) is 35.6 Å². The third kappa shape index (κ3) is 2.37. The van der Waals surface area contributed by atoms with Crippen LogP contribution in [-0.4, -0.2) is 5.11 Å². The molecule has 1 heterocycles. The zero-order valence-corrected chi connectivity index (χ0v) is 10.6. The highest BCUT2D eigenvalue weighted by atomic mass is 32.1. The number of aliphatic hydroxyl groups excluding tert-OH is 1. The van der Waals surface area contributed by atoms with Crippen LogP contribution < -0.4 is 0 Å². The standard InChI is InChI=1S/C15H10F2OS/c16-11-3-1-2-9(6-11)15(18)14-8-10-7-12(17)4-5-13(10)19-14/h1-8,15,18H. The van der Waals surface area contributed by atoms with E-state index in [0.29, 0.717) is 10.4 Å². The molecule has 1 unspecified atom stereocenters. The van der Waals surface area contributed by atoms with Crippen LogP contribution >= 0.6 is 11.3 Å². The Morgan fingerprint density at radius 1 is 0.947 bits per heavy atom. The van der Waals surface area contributed by atoms with Gasteiger partial charge in [0.05, 0.1) is 0 Å². The maximum atomic E-state index is 13.1. The molecule has 3 aromatic rings. The van der Waals surface area contributed by atoms with E-state index in [0.717, 1.165) is 10.1 Å². The van der Waals surface area contributed by atoms with Crippen LogP contribution in [0.1, 0.15) is 16.5 Å². The van der Waals surface area contributed by atoms with Crippen LogP contribution in [0.15, 0.2) is 48.5 Å². The molecular weight excluding hydrogens is 266 g/mol. The molecule has 96 valence electrons. The van der Waals surface area contributed by atoms with Gasteiger partial charge in [0, 0.05) is 9.58 Å². The molecule has 19 heavy (non-hydrogen) atoms. The first-order valence-corrected chi connectivity index (χ1v) is 6.58. The summed E-state index contributed by atoms with van der Waals surface area (Å²) in [6.07, 6.45) is -0.892. The molecule has 1 nitrogen and oxygen atoms in total. The minimum Gasteiger partial charge on any atom is -0.383 e. The van der Waals surface area contributed by atoms with Crippen molar-refractivity contribution in [3.05, 3.63) is 70.6 Å². The lowest BCUT2D eigenvalue weighted by atomic mass is 10.1. The molecule has 0 saturated heterocycles. The second kappa shape index (κ2) is 4.72. The fourth-order valence-electron chi connectivity index (χ4n) is 2.01. The number of thiophene rings is 1. The van der Waals surface area contributed by atoms with E-state index < -0.39 is 6.10 Å². The summed E-state index contributed by atoms with van der Waals surface area (Å²) in [5.41, 5.74) is 0.493. The Morgan fingerprint density at radius 3 is 2.53 bits per heavy atom. The Hall–Kier alpha value is -1.78. The largest absolute Gasteiger partial charge is 0.383 e. The van der Waals surface area contributed by atoms with Crippen LogP contribution in [0.4, 0.5) is 8.78 Å². The molecule has 0 amide bonds. The smallest absolute Gasteiger partial charge is 0.123 e. The van der Waals surface area contributed by atoms with Crippen molar-refractivity contribution >= 4 is 21.4 Å². The normalized spacial score (nSPS) is 12.8. The Kier molecular flexibility index (Phi) is 3.05. The first kappa shape index (κ1) is 12.3. The maximum Gasteiger partial charge on any atom is 0.123 e. The van der Waals surface area contributed by atoms with Crippen LogP contribution in [0, 0.1) is 11.6 Å². The summed E-state index contributed by atoms with van der Waals surface area (Å²) < 4.78 is 27.2. The van der Waals surface area contributed by atoms with E-state index in [4.69, 9.17) is 0 Å². The van der Waals surface area contributed by atoms with Crippen molar-refractivity contribution < 1.29 is 13.9 Å². The Labute approximate surface area is 112 Å². The first-order valence-electron chi connectivity index (χ1n) is 5.76. The van der Waals surface area contributed by atoms with Gasteiger partial charge < -0.3 is 5.11 Å². The van der Waals surface area contributed by atoms with Gasteiger partial charge >= 0.3 is 0 Å². The van der Waals surface area contributed by atoms with Gasteiger partial charge in [0.1, 0.15) is 17.7 Å². The average molecular weight is 276 g/mol. The number of benzene rings is 2. The number of hydrogen-bond donors (Lipinski definition) is 1. The summed E-state index contributed by atoms with van der Waals surface area (Å²) >= 11 is 1.38. The van der Waals surface area contributed by atoms with Crippen molar-refractivity contribution in [1.82, 2.24) is 0 Å². The monoisotopic (exact) mass is 276 g/mol. The van der Waals surface area contributed by atoms with Crippen molar-refractivity contribution in [1.29, 1.82) is 0 Å². The molecular formula is C15H10F2OS. The van der Waals surface area contributed by atoms with Crippen molar-refractivity contribution in [3.8, 4) is 0 Å². The summed E-state index contributed by atoms with van der Waals surface area (Å²) in [5.74, 6) is -0.694. The number of halogens is 2. The maximum absolute atomic E-state index is 13.1. The summed E-state index contributed by atoms with van der Waals surface area (Å²) in [4.78, 5) is 0.672. The molecule has 4 heteroatoms. The molecule has 1 aromatic heterocycles. The fourth-order valence-corrected chi connectivity index (χ4v) is 3.07. The van der Waals surface area contributed by atoms with Gasteiger partial charge in [-0.2, -0.15) is 0 Å². The fraction of sp³-hybridized carbons (Fsp3) is 0.0667. The minimum absolute atomic E-state index is 0.308. The second-order valence-corrected chi connectivity index (χ2v) is 5.40. The van der Waals surface area contributed by atoms with Gasteiger partial charge in [0.2, 0.25) is 0 Å². The van der Waals surface area contributed by atoms with Gasteiger partial charge in [0.25, 0.3) is 0 Å². The Morgan fingerprint density at radius 2 is 1.74 bits per heavy atom. The minimum atomic E-state index is -0.892. The molecule has 2 aromatic carbocycles. The summed E-state index contributed by atoms with van der Waals surface area (Å²) in [5, 5.41) is 11.0. The lowest BCUT2D eigenvalue weighted by Crippen LogP contribution is -1.97. The Bertz CT molecular complexity index is 736. The zero-order valence-electron chi connectivity index (χ0n) is 9.81. The number of aliphatic hydroxyl groups is 1. The zero-order chi connectivity index (χ0) is 13.4. The lowest BCUT2D eigenvalue weighted by molar-refractivity contribution is 0.223. The van der Waals surface area contributed by atoms with E-state index in [1.807, 2.05) is 0 Å². The third-order valence-corrected chi connectivity index (χ3v) is 4.10. The van der Waals surface area contributed by atoms with E-state index in [1.54, 1.807) is 24.3 Å². The van der Waals surface area contributed by atoms with E-state index >= 15 is 0 Å². The molecule has 0 aliphatic rings. The average Bonchev–Trinajstić information content (AvgIpc) is 2.80. The topological polar surface area (TPSA) is 20.2 Å². The van der Waals surface area contributed by atoms with Gasteiger partial charge in [-0.25, -0.2) is 8.78 Å². The Balaban J connectivity index is 2.04. The van der Waals surface area contributed by atoms with E-state index in [9.17, 15) is 13.9 Å². The molecule has 0 fully saturated rings. The van der Waals surface area contributed by atoms with Crippen LogP contribution in [0.3, 0.4) is 0 Å². The molecule has 0 bridgehead atoms. The van der Waals surface area contributed by atoms with Gasteiger partial charge in [-0.05, 0) is 47.3 Å². The van der Waals surface area contributed by atoms with Crippen molar-refractivity contribution in [2.45, 2.75) is 6.10 Å². The predicted octanol–water partition coefficient (Wildman–Crippen LogP) is 4.26. The quantitative estimate of drug-likeness (QED) is 0.741. The first-order chi connectivity index (χ1) is 9.13. The van der Waals surface area contributed by atoms with Gasteiger partial charge in [0.15, 0.2) is 0 Å². The highest BCUT2D eigenvalue weighted by Gasteiger charge is 2.14. The van der Waals surface area contributed by atoms with Gasteiger partial charge in [-0.3, -0.25) is 0 Å². The van der Waals surface area contributed by atoms with Crippen LogP contribution in [0.5, 0.6) is 0 Å². The number of rotatable bonds is 2. The molecule has 0 spiro atoms. The van der Waals surface area contributed by atoms with Gasteiger partial charge in [-0.15, -0.1) is 11.3 Å². The molecule has 0 aliphatic carbocycles. The van der Waals surface area contributed by atoms with Gasteiger partial charge in [-0.1, -0.05) is 12.1 Å². The van der Waals surface area contributed by atoms with Crippen LogP contribution in [0.25, 0.3) is 10.1 Å². The van der Waals surface area contributed by atoms with Crippen LogP contribution in [0.2, 0.25) is 0 Å². The predicted molar refractivity (Wildman–Crippen MR) is 72.2 cm³/mol.